The average Bonchev–Trinajstić information content (AvgIpc) is 1.83. The van der Waals surface area contributed by atoms with E-state index in [4.69, 9.17) is 5.73 Å². The number of primary amides is 1. The highest BCUT2D eigenvalue weighted by molar-refractivity contribution is 5.85. The highest BCUT2D eigenvalue weighted by atomic mass is 35.5. The Kier molecular flexibility index (Phi) is 7.60. The summed E-state index contributed by atoms with van der Waals surface area (Å²) in [7, 11) is 1.27. The van der Waals surface area contributed by atoms with Crippen molar-refractivity contribution in [1.29, 1.82) is 0 Å². The second kappa shape index (κ2) is 6.35. The third-order valence-corrected chi connectivity index (χ3v) is 0.803. The molecule has 0 aliphatic rings. The first kappa shape index (κ1) is 12.0. The Bertz CT molecular complexity index is 126. The van der Waals surface area contributed by atoms with E-state index < -0.39 is 11.9 Å². The molecule has 0 aliphatic carbocycles. The van der Waals surface area contributed by atoms with Gasteiger partial charge in [-0.25, -0.2) is 0 Å². The number of esters is 1. The van der Waals surface area contributed by atoms with Crippen LogP contribution >= 0.6 is 12.4 Å². The van der Waals surface area contributed by atoms with Gasteiger partial charge >= 0.3 is 5.97 Å². The molecule has 0 bridgehead atoms. The van der Waals surface area contributed by atoms with Crippen molar-refractivity contribution in [3.8, 4) is 0 Å². The van der Waals surface area contributed by atoms with Crippen molar-refractivity contribution in [2.45, 2.75) is 12.8 Å². The summed E-state index contributed by atoms with van der Waals surface area (Å²) in [5.41, 5.74) is 4.75. The lowest BCUT2D eigenvalue weighted by atomic mass is 10.3. The number of nitrogens with two attached hydrogens (primary N) is 1. The molecule has 0 aromatic heterocycles. The summed E-state index contributed by atoms with van der Waals surface area (Å²) >= 11 is 0. The molecule has 4 nitrogen and oxygen atoms in total. The second-order valence-electron chi connectivity index (χ2n) is 1.54. The van der Waals surface area contributed by atoms with Crippen LogP contribution in [0.25, 0.3) is 0 Å². The Morgan fingerprint density at radius 1 is 1.40 bits per heavy atom. The van der Waals surface area contributed by atoms with Crippen LogP contribution in [0, 0.1) is 0 Å². The average molecular weight is 168 g/mol. The lowest BCUT2D eigenvalue weighted by Crippen LogP contribution is -2.13. The number of carbonyl (C=O) groups excluding carboxylic acids is 2. The third kappa shape index (κ3) is 7.23. The molecule has 5 heteroatoms. The van der Waals surface area contributed by atoms with E-state index >= 15 is 0 Å². The summed E-state index contributed by atoms with van der Waals surface area (Å²) < 4.78 is 4.25. The van der Waals surface area contributed by atoms with E-state index in [1.165, 1.54) is 7.11 Å². The van der Waals surface area contributed by atoms with Crippen molar-refractivity contribution in [1.82, 2.24) is 0 Å². The summed E-state index contributed by atoms with van der Waals surface area (Å²) in [6.07, 6.45) is 0.137. The molecule has 0 fully saturated rings. The zero-order valence-electron chi connectivity index (χ0n) is 5.62. The maximum Gasteiger partial charge on any atom is 0.306 e. The SMILES string of the molecule is COC(=O)CCC(N)=O.Cl. The smallest absolute Gasteiger partial charge is 0.306 e. The molecule has 60 valence electrons. The van der Waals surface area contributed by atoms with Crippen LogP contribution in [0.15, 0.2) is 0 Å². The fourth-order valence-corrected chi connectivity index (χ4v) is 0.327. The van der Waals surface area contributed by atoms with Crippen molar-refractivity contribution in [2.24, 2.45) is 5.73 Å². The fourth-order valence-electron chi connectivity index (χ4n) is 0.327. The van der Waals surface area contributed by atoms with Crippen LogP contribution in [0.4, 0.5) is 0 Å². The number of ether oxygens (including phenoxy) is 1. The Labute approximate surface area is 65.1 Å². The first-order valence-electron chi connectivity index (χ1n) is 2.52. The summed E-state index contributed by atoms with van der Waals surface area (Å²) in [6, 6.07) is 0. The van der Waals surface area contributed by atoms with Crippen LogP contribution in [-0.2, 0) is 14.3 Å². The maximum atomic E-state index is 10.3. The Morgan fingerprint density at radius 2 is 1.90 bits per heavy atom. The van der Waals surface area contributed by atoms with Gasteiger partial charge in [0.15, 0.2) is 0 Å². The first-order chi connectivity index (χ1) is 4.16. The minimum atomic E-state index is -0.486. The standard InChI is InChI=1S/C5H9NO3.ClH/c1-9-5(8)3-2-4(6)7;/h2-3H2,1H3,(H2,6,7);1H. The Morgan fingerprint density at radius 3 is 2.20 bits per heavy atom. The molecule has 1 amide bonds. The minimum absolute atomic E-state index is 0. The highest BCUT2D eigenvalue weighted by Crippen LogP contribution is 1.88. The van der Waals surface area contributed by atoms with E-state index in [-0.39, 0.29) is 25.2 Å². The predicted octanol–water partition coefficient (Wildman–Crippen LogP) is -0.153. The molecular weight excluding hydrogens is 158 g/mol. The molecule has 0 atom stereocenters. The topological polar surface area (TPSA) is 69.4 Å². The van der Waals surface area contributed by atoms with Crippen LogP contribution in [0.3, 0.4) is 0 Å². The van der Waals surface area contributed by atoms with Crippen LogP contribution in [0.5, 0.6) is 0 Å². The molecule has 0 aromatic carbocycles. The quantitative estimate of drug-likeness (QED) is 0.595. The molecule has 2 N–H and O–H groups in total. The van der Waals surface area contributed by atoms with Gasteiger partial charge in [-0.05, 0) is 0 Å². The highest BCUT2D eigenvalue weighted by Gasteiger charge is 2.01. The van der Waals surface area contributed by atoms with Crippen LogP contribution in [0.1, 0.15) is 12.8 Å². The van der Waals surface area contributed by atoms with Gasteiger partial charge in [-0.15, -0.1) is 12.4 Å². The lowest BCUT2D eigenvalue weighted by molar-refractivity contribution is -0.141. The van der Waals surface area contributed by atoms with Gasteiger partial charge in [0.05, 0.1) is 13.5 Å². The van der Waals surface area contributed by atoms with Crippen LogP contribution in [0.2, 0.25) is 0 Å². The summed E-state index contributed by atoms with van der Waals surface area (Å²) in [6.45, 7) is 0. The van der Waals surface area contributed by atoms with E-state index in [0.717, 1.165) is 0 Å². The first-order valence-corrected chi connectivity index (χ1v) is 2.52. The minimum Gasteiger partial charge on any atom is -0.469 e. The number of halogens is 1. The van der Waals surface area contributed by atoms with Crippen molar-refractivity contribution >= 4 is 24.3 Å². The number of carbonyl (C=O) groups is 2. The third-order valence-electron chi connectivity index (χ3n) is 0.803. The molecule has 0 rings (SSSR count). The van der Waals surface area contributed by atoms with Gasteiger partial charge < -0.3 is 10.5 Å². The molecule has 0 saturated heterocycles. The molecule has 0 heterocycles. The monoisotopic (exact) mass is 167 g/mol. The van der Waals surface area contributed by atoms with E-state index in [0.29, 0.717) is 0 Å². The number of methoxy groups -OCH3 is 1. The molecule has 10 heavy (non-hydrogen) atoms. The van der Waals surface area contributed by atoms with Crippen LogP contribution in [-0.4, -0.2) is 19.0 Å². The van der Waals surface area contributed by atoms with Gasteiger partial charge in [-0.1, -0.05) is 0 Å². The van der Waals surface area contributed by atoms with Gasteiger partial charge in [-0.2, -0.15) is 0 Å². The zero-order chi connectivity index (χ0) is 7.28. The molecule has 0 aliphatic heterocycles. The number of amides is 1. The Balaban J connectivity index is 0. The van der Waals surface area contributed by atoms with Crippen molar-refractivity contribution < 1.29 is 14.3 Å². The van der Waals surface area contributed by atoms with E-state index in [9.17, 15) is 9.59 Å². The molecule has 0 aromatic rings. The molecule has 0 unspecified atom stereocenters. The number of rotatable bonds is 3. The zero-order valence-corrected chi connectivity index (χ0v) is 6.44. The summed E-state index contributed by atoms with van der Waals surface area (Å²) in [5.74, 6) is -0.894. The number of hydrogen-bond donors (Lipinski definition) is 1. The van der Waals surface area contributed by atoms with E-state index in [2.05, 4.69) is 4.74 Å². The molecule has 0 spiro atoms. The second-order valence-corrected chi connectivity index (χ2v) is 1.54. The number of hydrogen-bond acceptors (Lipinski definition) is 3. The molecule has 0 saturated carbocycles. The van der Waals surface area contributed by atoms with Crippen molar-refractivity contribution in [3.63, 3.8) is 0 Å². The van der Waals surface area contributed by atoms with Gasteiger partial charge in [-0.3, -0.25) is 9.59 Å². The van der Waals surface area contributed by atoms with Crippen LogP contribution < -0.4 is 5.73 Å². The Hall–Kier alpha value is -0.770. The van der Waals surface area contributed by atoms with E-state index in [1.54, 1.807) is 0 Å². The fraction of sp³-hybridized carbons (Fsp3) is 0.600. The molecule has 0 radical (unpaired) electrons. The van der Waals surface area contributed by atoms with E-state index in [1.807, 2.05) is 0 Å². The van der Waals surface area contributed by atoms with Gasteiger partial charge in [0.1, 0.15) is 0 Å². The van der Waals surface area contributed by atoms with Gasteiger partial charge in [0, 0.05) is 6.42 Å². The normalized spacial score (nSPS) is 7.70. The molecular formula is C5H10ClNO3. The summed E-state index contributed by atoms with van der Waals surface area (Å²) in [5, 5.41) is 0. The summed E-state index contributed by atoms with van der Waals surface area (Å²) in [4.78, 5) is 20.3. The predicted molar refractivity (Wildman–Crippen MR) is 37.7 cm³/mol. The van der Waals surface area contributed by atoms with Gasteiger partial charge in [0.2, 0.25) is 5.91 Å². The maximum absolute atomic E-state index is 10.3. The van der Waals surface area contributed by atoms with Gasteiger partial charge in [0.25, 0.3) is 0 Å². The van der Waals surface area contributed by atoms with Crippen molar-refractivity contribution in [3.05, 3.63) is 0 Å². The van der Waals surface area contributed by atoms with Crippen molar-refractivity contribution in [2.75, 3.05) is 7.11 Å². The lowest BCUT2D eigenvalue weighted by Gasteiger charge is -1.93. The largest absolute Gasteiger partial charge is 0.469 e.